The highest BCUT2D eigenvalue weighted by molar-refractivity contribution is 4.86. The Bertz CT molecular complexity index is 125. The molecule has 1 heteroatoms. The lowest BCUT2D eigenvalue weighted by Crippen LogP contribution is -2.25. The number of hydrogen-bond donors (Lipinski definition) is 1. The first-order valence-electron chi connectivity index (χ1n) is 3.60. The summed E-state index contributed by atoms with van der Waals surface area (Å²) in [5.74, 6) is 2.51. The first-order chi connectivity index (χ1) is 4.48. The van der Waals surface area contributed by atoms with Gasteiger partial charge in [0.1, 0.15) is 0 Å². The zero-order valence-electron chi connectivity index (χ0n) is 7.02. The van der Waals surface area contributed by atoms with E-state index in [0.29, 0.717) is 12.8 Å². The molecule has 0 rings (SSSR count). The van der Waals surface area contributed by atoms with E-state index >= 15 is 0 Å². The summed E-state index contributed by atoms with van der Waals surface area (Å²) in [6.45, 7) is 6.02. The summed E-state index contributed by atoms with van der Waals surface area (Å²) in [4.78, 5) is 0. The maximum absolute atomic E-state index is 9.42. The molecule has 1 unspecified atom stereocenters. The van der Waals surface area contributed by atoms with Crippen LogP contribution in [0.25, 0.3) is 0 Å². The van der Waals surface area contributed by atoms with Crippen LogP contribution in [0.15, 0.2) is 0 Å². The third-order valence-electron chi connectivity index (χ3n) is 1.56. The molecule has 0 aromatic heterocycles. The highest BCUT2D eigenvalue weighted by atomic mass is 16.3. The van der Waals surface area contributed by atoms with Gasteiger partial charge in [0.15, 0.2) is 0 Å². The van der Waals surface area contributed by atoms with Gasteiger partial charge in [-0.1, -0.05) is 20.8 Å². The number of terminal acetylenes is 1. The number of rotatable bonds is 2. The molecule has 0 heterocycles. The van der Waals surface area contributed by atoms with E-state index in [-0.39, 0.29) is 11.5 Å². The van der Waals surface area contributed by atoms with E-state index < -0.39 is 0 Å². The van der Waals surface area contributed by atoms with E-state index in [0.717, 1.165) is 0 Å². The molecular formula is C9H16O. The largest absolute Gasteiger partial charge is 0.393 e. The van der Waals surface area contributed by atoms with Crippen LogP contribution in [0, 0.1) is 17.8 Å². The Kier molecular flexibility index (Phi) is 3.46. The standard InChI is InChI=1S/C9H16O/c1-5-6-7-8(10)9(2,3)4/h1,8,10H,6-7H2,2-4H3. The summed E-state index contributed by atoms with van der Waals surface area (Å²) in [6.07, 6.45) is 6.16. The van der Waals surface area contributed by atoms with Gasteiger partial charge in [-0.15, -0.1) is 12.3 Å². The fraction of sp³-hybridized carbons (Fsp3) is 0.778. The van der Waals surface area contributed by atoms with Gasteiger partial charge < -0.3 is 5.11 Å². The monoisotopic (exact) mass is 140 g/mol. The summed E-state index contributed by atoms with van der Waals surface area (Å²) in [5.41, 5.74) is -0.0309. The van der Waals surface area contributed by atoms with Gasteiger partial charge in [0.25, 0.3) is 0 Å². The quantitative estimate of drug-likeness (QED) is 0.580. The molecule has 0 bridgehead atoms. The highest BCUT2D eigenvalue weighted by Gasteiger charge is 2.20. The molecule has 10 heavy (non-hydrogen) atoms. The lowest BCUT2D eigenvalue weighted by atomic mass is 9.87. The molecule has 1 atom stereocenters. The molecule has 0 aromatic carbocycles. The molecule has 58 valence electrons. The van der Waals surface area contributed by atoms with Crippen molar-refractivity contribution in [1.29, 1.82) is 0 Å². The third kappa shape index (κ3) is 3.53. The maximum atomic E-state index is 9.42. The van der Waals surface area contributed by atoms with Crippen molar-refractivity contribution in [1.82, 2.24) is 0 Å². The molecule has 0 aromatic rings. The Morgan fingerprint density at radius 1 is 1.50 bits per heavy atom. The van der Waals surface area contributed by atoms with Gasteiger partial charge in [0.2, 0.25) is 0 Å². The SMILES string of the molecule is C#CCCC(O)C(C)(C)C. The Morgan fingerprint density at radius 2 is 2.00 bits per heavy atom. The van der Waals surface area contributed by atoms with Crippen LogP contribution < -0.4 is 0 Å². The van der Waals surface area contributed by atoms with Gasteiger partial charge in [0.05, 0.1) is 6.10 Å². The van der Waals surface area contributed by atoms with Crippen LogP contribution >= 0.6 is 0 Å². The van der Waals surface area contributed by atoms with Crippen molar-refractivity contribution >= 4 is 0 Å². The second kappa shape index (κ2) is 3.63. The van der Waals surface area contributed by atoms with Crippen LogP contribution in [0.4, 0.5) is 0 Å². The normalized spacial score (nSPS) is 14.3. The van der Waals surface area contributed by atoms with Crippen LogP contribution in [0.2, 0.25) is 0 Å². The number of hydrogen-bond acceptors (Lipinski definition) is 1. The molecule has 0 aliphatic carbocycles. The molecule has 0 fully saturated rings. The van der Waals surface area contributed by atoms with E-state index in [4.69, 9.17) is 6.42 Å². The molecule has 1 N–H and O–H groups in total. The Hall–Kier alpha value is -0.480. The summed E-state index contributed by atoms with van der Waals surface area (Å²) >= 11 is 0. The Balaban J connectivity index is 3.65. The van der Waals surface area contributed by atoms with Gasteiger partial charge >= 0.3 is 0 Å². The van der Waals surface area contributed by atoms with Crippen LogP contribution in [0.1, 0.15) is 33.6 Å². The molecule has 0 radical (unpaired) electrons. The van der Waals surface area contributed by atoms with Crippen molar-refractivity contribution in [2.24, 2.45) is 5.41 Å². The average Bonchev–Trinajstić information content (AvgIpc) is 1.80. The minimum Gasteiger partial charge on any atom is -0.393 e. The van der Waals surface area contributed by atoms with Crippen molar-refractivity contribution in [2.75, 3.05) is 0 Å². The Morgan fingerprint density at radius 3 is 2.30 bits per heavy atom. The lowest BCUT2D eigenvalue weighted by Gasteiger charge is -2.24. The van der Waals surface area contributed by atoms with Crippen molar-refractivity contribution < 1.29 is 5.11 Å². The van der Waals surface area contributed by atoms with Gasteiger partial charge in [-0.25, -0.2) is 0 Å². The minimum absolute atomic E-state index is 0.0309. The molecule has 0 amide bonds. The van der Waals surface area contributed by atoms with Gasteiger partial charge in [-0.05, 0) is 11.8 Å². The third-order valence-corrected chi connectivity index (χ3v) is 1.56. The lowest BCUT2D eigenvalue weighted by molar-refractivity contribution is 0.0570. The second-order valence-corrected chi connectivity index (χ2v) is 3.62. The van der Waals surface area contributed by atoms with E-state index in [2.05, 4.69) is 5.92 Å². The number of aliphatic hydroxyl groups excluding tert-OH is 1. The average molecular weight is 140 g/mol. The molecule has 0 saturated carbocycles. The minimum atomic E-state index is -0.274. The van der Waals surface area contributed by atoms with Gasteiger partial charge in [-0.3, -0.25) is 0 Å². The summed E-state index contributed by atoms with van der Waals surface area (Å²) < 4.78 is 0. The second-order valence-electron chi connectivity index (χ2n) is 3.62. The van der Waals surface area contributed by atoms with Crippen molar-refractivity contribution in [3.05, 3.63) is 0 Å². The molecule has 0 aliphatic rings. The van der Waals surface area contributed by atoms with Crippen LogP contribution in [-0.4, -0.2) is 11.2 Å². The fourth-order valence-corrected chi connectivity index (χ4v) is 0.653. The van der Waals surface area contributed by atoms with E-state index in [1.807, 2.05) is 20.8 Å². The maximum Gasteiger partial charge on any atom is 0.0597 e. The van der Waals surface area contributed by atoms with Crippen molar-refractivity contribution in [2.45, 2.75) is 39.7 Å². The molecule has 1 nitrogen and oxygen atoms in total. The van der Waals surface area contributed by atoms with Crippen molar-refractivity contribution in [3.63, 3.8) is 0 Å². The summed E-state index contributed by atoms with van der Waals surface area (Å²) in [7, 11) is 0. The summed E-state index contributed by atoms with van der Waals surface area (Å²) in [5, 5.41) is 9.42. The summed E-state index contributed by atoms with van der Waals surface area (Å²) in [6, 6.07) is 0. The first kappa shape index (κ1) is 9.52. The van der Waals surface area contributed by atoms with E-state index in [9.17, 15) is 5.11 Å². The van der Waals surface area contributed by atoms with Gasteiger partial charge in [-0.2, -0.15) is 0 Å². The smallest absolute Gasteiger partial charge is 0.0597 e. The zero-order valence-corrected chi connectivity index (χ0v) is 7.02. The van der Waals surface area contributed by atoms with Crippen LogP contribution in [-0.2, 0) is 0 Å². The van der Waals surface area contributed by atoms with Gasteiger partial charge in [0, 0.05) is 6.42 Å². The zero-order chi connectivity index (χ0) is 8.20. The molecule has 0 saturated heterocycles. The Labute approximate surface area is 63.5 Å². The van der Waals surface area contributed by atoms with E-state index in [1.165, 1.54) is 0 Å². The van der Waals surface area contributed by atoms with Crippen LogP contribution in [0.3, 0.4) is 0 Å². The molecule has 0 aliphatic heterocycles. The van der Waals surface area contributed by atoms with E-state index in [1.54, 1.807) is 0 Å². The predicted molar refractivity (Wildman–Crippen MR) is 43.5 cm³/mol. The molecular weight excluding hydrogens is 124 g/mol. The molecule has 0 spiro atoms. The predicted octanol–water partition coefficient (Wildman–Crippen LogP) is 1.81. The van der Waals surface area contributed by atoms with Crippen molar-refractivity contribution in [3.8, 4) is 12.3 Å². The highest BCUT2D eigenvalue weighted by Crippen LogP contribution is 2.21. The number of aliphatic hydroxyl groups is 1. The topological polar surface area (TPSA) is 20.2 Å². The van der Waals surface area contributed by atoms with Crippen LogP contribution in [0.5, 0.6) is 0 Å². The fourth-order valence-electron chi connectivity index (χ4n) is 0.653. The first-order valence-corrected chi connectivity index (χ1v) is 3.60.